The zero-order valence-corrected chi connectivity index (χ0v) is 14.4. The van der Waals surface area contributed by atoms with E-state index in [1.54, 1.807) is 7.11 Å². The number of carbonyl (C=O) groups is 1. The summed E-state index contributed by atoms with van der Waals surface area (Å²) < 4.78 is 12.2. The normalized spacial score (nSPS) is 21.2. The Morgan fingerprint density at radius 1 is 1.32 bits per heavy atom. The topological polar surface area (TPSA) is 72.2 Å². The Morgan fingerprint density at radius 2 is 2.16 bits per heavy atom. The molecule has 0 aromatic carbocycles. The van der Waals surface area contributed by atoms with Gasteiger partial charge < -0.3 is 19.3 Å². The van der Waals surface area contributed by atoms with Gasteiger partial charge in [-0.2, -0.15) is 0 Å². The van der Waals surface area contributed by atoms with Crippen molar-refractivity contribution >= 4 is 17.1 Å². The van der Waals surface area contributed by atoms with E-state index in [9.17, 15) is 4.79 Å². The number of rotatable bonds is 4. The van der Waals surface area contributed by atoms with Crippen molar-refractivity contribution in [3.8, 4) is 0 Å². The number of nitrogens with zero attached hydrogens (tertiary/aromatic N) is 5. The van der Waals surface area contributed by atoms with Crippen molar-refractivity contribution in [1.82, 2.24) is 19.7 Å². The van der Waals surface area contributed by atoms with Crippen LogP contribution >= 0.6 is 0 Å². The molecule has 4 rings (SSSR count). The predicted molar refractivity (Wildman–Crippen MR) is 91.6 cm³/mol. The molecule has 1 atom stereocenters. The molecule has 25 heavy (non-hydrogen) atoms. The van der Waals surface area contributed by atoms with Gasteiger partial charge in [-0.15, -0.1) is 5.10 Å². The summed E-state index contributed by atoms with van der Waals surface area (Å²) in [6, 6.07) is 4.13. The molecule has 134 valence electrons. The number of aromatic nitrogens is 3. The lowest BCUT2D eigenvalue weighted by molar-refractivity contribution is -0.136. The first-order valence-corrected chi connectivity index (χ1v) is 8.74. The number of pyridine rings is 1. The average molecular weight is 345 g/mol. The SMILES string of the molecule is COCC(=O)N1CCC[C@@H]1c1nnn2cc(N3CCOCC3)ccc12. The molecular formula is C17H23N5O3. The van der Waals surface area contributed by atoms with E-state index >= 15 is 0 Å². The Balaban J connectivity index is 1.61. The smallest absolute Gasteiger partial charge is 0.249 e. The molecule has 2 aliphatic heterocycles. The Kier molecular flexibility index (Phi) is 4.54. The van der Waals surface area contributed by atoms with Crippen molar-refractivity contribution in [1.29, 1.82) is 0 Å². The van der Waals surface area contributed by atoms with Gasteiger partial charge >= 0.3 is 0 Å². The molecule has 1 amide bonds. The van der Waals surface area contributed by atoms with Gasteiger partial charge in [-0.25, -0.2) is 4.52 Å². The van der Waals surface area contributed by atoms with Crippen molar-refractivity contribution in [3.05, 3.63) is 24.0 Å². The summed E-state index contributed by atoms with van der Waals surface area (Å²) in [5, 5.41) is 8.69. The van der Waals surface area contributed by atoms with E-state index in [-0.39, 0.29) is 18.6 Å². The van der Waals surface area contributed by atoms with E-state index in [0.717, 1.165) is 62.6 Å². The van der Waals surface area contributed by atoms with Crippen molar-refractivity contribution in [2.45, 2.75) is 18.9 Å². The standard InChI is InChI=1S/C17H23N5O3/c1-24-12-16(23)21-6-2-3-14(21)17-15-5-4-13(11-22(15)19-18-17)20-7-9-25-10-8-20/h4-5,11,14H,2-3,6-10,12H2,1H3/t14-/m1/s1. The lowest BCUT2D eigenvalue weighted by Crippen LogP contribution is -2.36. The second-order valence-electron chi connectivity index (χ2n) is 6.47. The van der Waals surface area contributed by atoms with Crippen molar-refractivity contribution in [2.75, 3.05) is 51.5 Å². The molecule has 0 saturated carbocycles. The van der Waals surface area contributed by atoms with Gasteiger partial charge in [0.15, 0.2) is 0 Å². The molecule has 4 heterocycles. The number of hydrogen-bond donors (Lipinski definition) is 0. The first-order valence-electron chi connectivity index (χ1n) is 8.74. The van der Waals surface area contributed by atoms with Crippen LogP contribution in [-0.4, -0.2) is 72.2 Å². The van der Waals surface area contributed by atoms with Crippen LogP contribution in [0.5, 0.6) is 0 Å². The largest absolute Gasteiger partial charge is 0.378 e. The Hall–Kier alpha value is -2.19. The van der Waals surface area contributed by atoms with Crippen LogP contribution in [0.3, 0.4) is 0 Å². The molecule has 2 aromatic heterocycles. The zero-order chi connectivity index (χ0) is 17.2. The number of methoxy groups -OCH3 is 1. The van der Waals surface area contributed by atoms with Gasteiger partial charge in [0, 0.05) is 26.7 Å². The fourth-order valence-electron chi connectivity index (χ4n) is 3.70. The number of morpholine rings is 1. The molecule has 2 saturated heterocycles. The molecule has 8 nitrogen and oxygen atoms in total. The molecule has 0 radical (unpaired) electrons. The summed E-state index contributed by atoms with van der Waals surface area (Å²) in [5.41, 5.74) is 2.94. The highest BCUT2D eigenvalue weighted by molar-refractivity contribution is 5.78. The van der Waals surface area contributed by atoms with Crippen LogP contribution in [0.4, 0.5) is 5.69 Å². The highest BCUT2D eigenvalue weighted by atomic mass is 16.5. The van der Waals surface area contributed by atoms with Gasteiger partial charge in [-0.05, 0) is 25.0 Å². The minimum Gasteiger partial charge on any atom is -0.378 e. The fraction of sp³-hybridized carbons (Fsp3) is 0.588. The van der Waals surface area contributed by atoms with Crippen LogP contribution in [0.15, 0.2) is 18.3 Å². The first kappa shape index (κ1) is 16.3. The summed E-state index contributed by atoms with van der Waals surface area (Å²) >= 11 is 0. The van der Waals surface area contributed by atoms with Crippen LogP contribution in [0, 0.1) is 0 Å². The lowest BCUT2D eigenvalue weighted by Gasteiger charge is -2.28. The van der Waals surface area contributed by atoms with Gasteiger partial charge in [0.1, 0.15) is 12.3 Å². The van der Waals surface area contributed by atoms with Gasteiger partial charge in [-0.3, -0.25) is 4.79 Å². The Labute approximate surface area is 146 Å². The second kappa shape index (κ2) is 6.97. The molecule has 2 aliphatic rings. The molecule has 0 spiro atoms. The predicted octanol–water partition coefficient (Wildman–Crippen LogP) is 0.876. The Morgan fingerprint density at radius 3 is 2.96 bits per heavy atom. The minimum absolute atomic E-state index is 0.0103. The molecule has 0 unspecified atom stereocenters. The number of likely N-dealkylation sites (tertiary alicyclic amines) is 1. The number of hydrogen-bond acceptors (Lipinski definition) is 6. The summed E-state index contributed by atoms with van der Waals surface area (Å²) in [7, 11) is 1.55. The van der Waals surface area contributed by atoms with E-state index in [1.165, 1.54) is 0 Å². The number of ether oxygens (including phenoxy) is 2. The van der Waals surface area contributed by atoms with Gasteiger partial charge in [0.05, 0.1) is 36.7 Å². The molecule has 0 N–H and O–H groups in total. The maximum absolute atomic E-state index is 12.3. The van der Waals surface area contributed by atoms with Crippen molar-refractivity contribution in [3.63, 3.8) is 0 Å². The number of amides is 1. The number of anilines is 1. The highest BCUT2D eigenvalue weighted by Crippen LogP contribution is 2.33. The van der Waals surface area contributed by atoms with E-state index in [4.69, 9.17) is 9.47 Å². The summed E-state index contributed by atoms with van der Waals surface area (Å²) in [4.78, 5) is 16.4. The maximum atomic E-state index is 12.3. The summed E-state index contributed by atoms with van der Waals surface area (Å²) in [5.74, 6) is 0.0103. The van der Waals surface area contributed by atoms with Crippen LogP contribution in [0.1, 0.15) is 24.6 Å². The Bertz CT molecular complexity index is 756. The fourth-order valence-corrected chi connectivity index (χ4v) is 3.70. The highest BCUT2D eigenvalue weighted by Gasteiger charge is 2.33. The van der Waals surface area contributed by atoms with Crippen LogP contribution in [-0.2, 0) is 14.3 Å². The number of fused-ring (bicyclic) bond motifs is 1. The quantitative estimate of drug-likeness (QED) is 0.819. The molecular weight excluding hydrogens is 322 g/mol. The second-order valence-corrected chi connectivity index (χ2v) is 6.47. The van der Waals surface area contributed by atoms with Crippen LogP contribution in [0.2, 0.25) is 0 Å². The van der Waals surface area contributed by atoms with E-state index in [1.807, 2.05) is 15.6 Å². The third-order valence-corrected chi connectivity index (χ3v) is 4.96. The van der Waals surface area contributed by atoms with Crippen LogP contribution in [0.25, 0.3) is 5.52 Å². The van der Waals surface area contributed by atoms with Gasteiger partial charge in [0.25, 0.3) is 0 Å². The molecule has 2 aromatic rings. The zero-order valence-electron chi connectivity index (χ0n) is 14.4. The number of carbonyl (C=O) groups excluding carboxylic acids is 1. The summed E-state index contributed by atoms with van der Waals surface area (Å²) in [6.45, 7) is 4.12. The van der Waals surface area contributed by atoms with Crippen molar-refractivity contribution in [2.24, 2.45) is 0 Å². The minimum atomic E-state index is -0.0191. The van der Waals surface area contributed by atoms with E-state index in [0.29, 0.717) is 0 Å². The van der Waals surface area contributed by atoms with Crippen LogP contribution < -0.4 is 4.90 Å². The third-order valence-electron chi connectivity index (χ3n) is 4.96. The maximum Gasteiger partial charge on any atom is 0.249 e. The van der Waals surface area contributed by atoms with Crippen molar-refractivity contribution < 1.29 is 14.3 Å². The average Bonchev–Trinajstić information content (AvgIpc) is 3.28. The molecule has 0 aliphatic carbocycles. The van der Waals surface area contributed by atoms with Gasteiger partial charge in [-0.1, -0.05) is 5.21 Å². The third kappa shape index (κ3) is 3.07. The summed E-state index contributed by atoms with van der Waals surface area (Å²) in [6.07, 6.45) is 3.90. The monoisotopic (exact) mass is 345 g/mol. The molecule has 8 heteroatoms. The van der Waals surface area contributed by atoms with E-state index in [2.05, 4.69) is 27.3 Å². The van der Waals surface area contributed by atoms with E-state index < -0.39 is 0 Å². The lowest BCUT2D eigenvalue weighted by atomic mass is 10.1. The molecule has 2 fully saturated rings. The molecule has 0 bridgehead atoms. The first-order chi connectivity index (χ1) is 12.3. The van der Waals surface area contributed by atoms with Gasteiger partial charge in [0.2, 0.25) is 5.91 Å².